The van der Waals surface area contributed by atoms with E-state index >= 15 is 0 Å². The van der Waals surface area contributed by atoms with Crippen LogP contribution in [-0.2, 0) is 4.79 Å². The van der Waals surface area contributed by atoms with E-state index in [-0.39, 0.29) is 6.04 Å². The molecule has 1 amide bonds. The predicted octanol–water partition coefficient (Wildman–Crippen LogP) is 2.23. The lowest BCUT2D eigenvalue weighted by Crippen LogP contribution is -2.52. The van der Waals surface area contributed by atoms with Crippen LogP contribution in [0, 0.1) is 5.92 Å². The first kappa shape index (κ1) is 16.8. The summed E-state index contributed by atoms with van der Waals surface area (Å²) in [6, 6.07) is 0.510. The van der Waals surface area contributed by atoms with Crippen LogP contribution in [-0.4, -0.2) is 54.0 Å². The summed E-state index contributed by atoms with van der Waals surface area (Å²) < 4.78 is 0. The fraction of sp³-hybridized carbons (Fsp3) is 0.941. The maximum Gasteiger partial charge on any atom is 0.239 e. The van der Waals surface area contributed by atoms with E-state index in [0.29, 0.717) is 17.9 Å². The topological polar surface area (TPSA) is 49.6 Å². The molecule has 0 radical (unpaired) electrons. The first-order chi connectivity index (χ1) is 10.2. The van der Waals surface area contributed by atoms with Crippen molar-refractivity contribution in [1.29, 1.82) is 0 Å². The van der Waals surface area contributed by atoms with Crippen molar-refractivity contribution in [3.63, 3.8) is 0 Å². The van der Waals surface area contributed by atoms with Crippen LogP contribution in [0.1, 0.15) is 58.8 Å². The first-order valence-corrected chi connectivity index (χ1v) is 8.93. The van der Waals surface area contributed by atoms with E-state index in [9.17, 15) is 4.79 Å². The monoisotopic (exact) mass is 295 g/mol. The van der Waals surface area contributed by atoms with Gasteiger partial charge in [0.15, 0.2) is 0 Å². The highest BCUT2D eigenvalue weighted by Gasteiger charge is 2.36. The zero-order chi connectivity index (χ0) is 15.2. The van der Waals surface area contributed by atoms with Crippen LogP contribution in [0.4, 0.5) is 0 Å². The van der Waals surface area contributed by atoms with Crippen LogP contribution in [0.2, 0.25) is 0 Å². The zero-order valence-corrected chi connectivity index (χ0v) is 13.9. The predicted molar refractivity (Wildman–Crippen MR) is 87.1 cm³/mol. The molecule has 1 aliphatic carbocycles. The number of likely N-dealkylation sites (tertiary alicyclic amines) is 1. The molecule has 2 aliphatic rings. The van der Waals surface area contributed by atoms with Gasteiger partial charge < -0.3 is 10.6 Å². The number of carbonyl (C=O) groups excluding carboxylic acids is 1. The fourth-order valence-corrected chi connectivity index (χ4v) is 4.22. The van der Waals surface area contributed by atoms with Gasteiger partial charge in [0.25, 0.3) is 0 Å². The average Bonchev–Trinajstić information content (AvgIpc) is 2.80. The van der Waals surface area contributed by atoms with Gasteiger partial charge in [0, 0.05) is 19.1 Å². The quantitative estimate of drug-likeness (QED) is 0.846. The van der Waals surface area contributed by atoms with Crippen LogP contribution in [0.25, 0.3) is 0 Å². The molecule has 122 valence electrons. The number of nitrogens with zero attached hydrogens (tertiary/aromatic N) is 2. The second kappa shape index (κ2) is 8.14. The molecule has 0 bridgehead atoms. The summed E-state index contributed by atoms with van der Waals surface area (Å²) in [5.74, 6) is 0.908. The lowest BCUT2D eigenvalue weighted by Gasteiger charge is -2.38. The minimum Gasteiger partial charge on any atom is -0.341 e. The third-order valence-electron chi connectivity index (χ3n) is 5.49. The third kappa shape index (κ3) is 3.98. The van der Waals surface area contributed by atoms with Crippen LogP contribution in [0.3, 0.4) is 0 Å². The van der Waals surface area contributed by atoms with Gasteiger partial charge in [-0.05, 0) is 51.6 Å². The van der Waals surface area contributed by atoms with Gasteiger partial charge in [-0.2, -0.15) is 0 Å². The molecule has 21 heavy (non-hydrogen) atoms. The smallest absolute Gasteiger partial charge is 0.239 e. The molecule has 0 spiro atoms. The normalized spacial score (nSPS) is 28.7. The second-order valence-electron chi connectivity index (χ2n) is 6.74. The molecule has 1 aliphatic heterocycles. The number of nitrogens with two attached hydrogens (primary N) is 1. The lowest BCUT2D eigenvalue weighted by atomic mass is 10.0. The van der Waals surface area contributed by atoms with E-state index in [1.807, 2.05) is 0 Å². The van der Waals surface area contributed by atoms with Gasteiger partial charge in [-0.3, -0.25) is 9.69 Å². The Morgan fingerprint density at radius 2 is 1.86 bits per heavy atom. The molecule has 2 rings (SSSR count). The molecule has 0 aromatic heterocycles. The van der Waals surface area contributed by atoms with E-state index in [1.165, 1.54) is 44.9 Å². The number of carbonyl (C=O) groups is 1. The highest BCUT2D eigenvalue weighted by molar-refractivity contribution is 5.81. The zero-order valence-electron chi connectivity index (χ0n) is 13.9. The van der Waals surface area contributed by atoms with Crippen molar-refractivity contribution in [3.8, 4) is 0 Å². The van der Waals surface area contributed by atoms with E-state index in [1.54, 1.807) is 0 Å². The van der Waals surface area contributed by atoms with Crippen molar-refractivity contribution in [2.45, 2.75) is 70.9 Å². The van der Waals surface area contributed by atoms with Crippen molar-refractivity contribution < 1.29 is 4.79 Å². The Kier molecular flexibility index (Phi) is 6.49. The second-order valence-corrected chi connectivity index (χ2v) is 6.74. The van der Waals surface area contributed by atoms with Gasteiger partial charge in [0.1, 0.15) is 0 Å². The molecule has 4 heteroatoms. The molecule has 3 unspecified atom stereocenters. The Labute approximate surface area is 130 Å². The molecular weight excluding hydrogens is 262 g/mol. The molecule has 3 atom stereocenters. The summed E-state index contributed by atoms with van der Waals surface area (Å²) in [4.78, 5) is 17.4. The highest BCUT2D eigenvalue weighted by atomic mass is 16.2. The first-order valence-electron chi connectivity index (χ1n) is 8.93. The van der Waals surface area contributed by atoms with E-state index in [4.69, 9.17) is 5.73 Å². The van der Waals surface area contributed by atoms with Gasteiger partial charge in [0.05, 0.1) is 6.04 Å². The number of hydrogen-bond donors (Lipinski definition) is 1. The molecule has 2 fully saturated rings. The average molecular weight is 295 g/mol. The highest BCUT2D eigenvalue weighted by Crippen LogP contribution is 2.30. The van der Waals surface area contributed by atoms with Gasteiger partial charge in [0.2, 0.25) is 5.91 Å². The molecule has 4 nitrogen and oxygen atoms in total. The lowest BCUT2D eigenvalue weighted by molar-refractivity contribution is -0.137. The van der Waals surface area contributed by atoms with Crippen molar-refractivity contribution >= 4 is 5.91 Å². The molecule has 1 saturated heterocycles. The molecule has 0 aromatic carbocycles. The fourth-order valence-electron chi connectivity index (χ4n) is 4.22. The third-order valence-corrected chi connectivity index (χ3v) is 5.49. The molecule has 1 heterocycles. The summed E-state index contributed by atoms with van der Waals surface area (Å²) in [6.07, 6.45) is 8.56. The maximum atomic E-state index is 12.9. The van der Waals surface area contributed by atoms with E-state index < -0.39 is 0 Å². The van der Waals surface area contributed by atoms with Crippen molar-refractivity contribution in [1.82, 2.24) is 9.80 Å². The van der Waals surface area contributed by atoms with Gasteiger partial charge in [-0.15, -0.1) is 0 Å². The van der Waals surface area contributed by atoms with E-state index in [2.05, 4.69) is 23.6 Å². The minimum absolute atomic E-state index is 0.00486. The van der Waals surface area contributed by atoms with Crippen molar-refractivity contribution in [2.75, 3.05) is 26.2 Å². The van der Waals surface area contributed by atoms with Gasteiger partial charge in [-0.25, -0.2) is 0 Å². The number of amides is 1. The molecular formula is C17H33N3O. The number of hydrogen-bond acceptors (Lipinski definition) is 3. The summed E-state index contributed by atoms with van der Waals surface area (Å²) in [7, 11) is 0. The molecule has 0 aromatic rings. The summed E-state index contributed by atoms with van der Waals surface area (Å²) >= 11 is 0. The maximum absolute atomic E-state index is 12.9. The largest absolute Gasteiger partial charge is 0.341 e. The Bertz CT molecular complexity index is 326. The van der Waals surface area contributed by atoms with Crippen LogP contribution >= 0.6 is 0 Å². The Morgan fingerprint density at radius 1 is 1.19 bits per heavy atom. The number of rotatable bonds is 5. The molecule has 2 N–H and O–H groups in total. The molecule has 1 saturated carbocycles. The van der Waals surface area contributed by atoms with Crippen molar-refractivity contribution in [2.24, 2.45) is 11.7 Å². The summed E-state index contributed by atoms with van der Waals surface area (Å²) in [6.45, 7) is 7.88. The minimum atomic E-state index is 0.00486. The SMILES string of the molecule is CCN(C(C)C(=O)N1CCCCCC1)C1CCCC1CN. The summed E-state index contributed by atoms with van der Waals surface area (Å²) in [5, 5.41) is 0. The summed E-state index contributed by atoms with van der Waals surface area (Å²) in [5.41, 5.74) is 5.93. The van der Waals surface area contributed by atoms with Crippen LogP contribution < -0.4 is 5.73 Å². The van der Waals surface area contributed by atoms with Gasteiger partial charge >= 0.3 is 0 Å². The van der Waals surface area contributed by atoms with Crippen molar-refractivity contribution in [3.05, 3.63) is 0 Å². The Hall–Kier alpha value is -0.610. The van der Waals surface area contributed by atoms with E-state index in [0.717, 1.165) is 26.2 Å². The number of likely N-dealkylation sites (N-methyl/N-ethyl adjacent to an activating group) is 1. The Balaban J connectivity index is 2.00. The standard InChI is InChI=1S/C17H33N3O/c1-3-20(16-10-8-9-15(16)13-18)14(2)17(21)19-11-6-4-5-7-12-19/h14-16H,3-13,18H2,1-2H3. The van der Waals surface area contributed by atoms with Crippen LogP contribution in [0.5, 0.6) is 0 Å². The van der Waals surface area contributed by atoms with Crippen LogP contribution in [0.15, 0.2) is 0 Å². The Morgan fingerprint density at radius 3 is 2.43 bits per heavy atom. The van der Waals surface area contributed by atoms with Gasteiger partial charge in [-0.1, -0.05) is 26.2 Å².